The van der Waals surface area contributed by atoms with Crippen molar-refractivity contribution in [3.8, 4) is 5.75 Å². The highest BCUT2D eigenvalue weighted by atomic mass is 35.5. The number of hydrogen-bond acceptors (Lipinski definition) is 3. The van der Waals surface area contributed by atoms with Gasteiger partial charge >= 0.3 is 5.97 Å². The number of nitrogens with one attached hydrogen (secondary N) is 1. The van der Waals surface area contributed by atoms with E-state index >= 15 is 0 Å². The van der Waals surface area contributed by atoms with E-state index in [0.29, 0.717) is 36.6 Å². The fraction of sp³-hybridized carbons (Fsp3) is 0.467. The Morgan fingerprint density at radius 2 is 1.86 bits per heavy atom. The van der Waals surface area contributed by atoms with Crippen molar-refractivity contribution in [1.29, 1.82) is 0 Å². The Morgan fingerprint density at radius 3 is 2.48 bits per heavy atom. The van der Waals surface area contributed by atoms with Gasteiger partial charge in [0.15, 0.2) is 0 Å². The standard InChI is InChI=1S/C15H20ClNO4/c1-11(21-13-8-6-12(16)7-9-13)10-17-14(18)4-2-3-5-15(19)20/h6-9,11H,2-5,10H2,1H3,(H,17,18)(H,19,20). The Hall–Kier alpha value is -1.75. The zero-order valence-corrected chi connectivity index (χ0v) is 12.7. The van der Waals surface area contributed by atoms with Crippen molar-refractivity contribution in [1.82, 2.24) is 5.32 Å². The number of ether oxygens (including phenoxy) is 1. The first-order valence-corrected chi connectivity index (χ1v) is 7.26. The van der Waals surface area contributed by atoms with E-state index in [-0.39, 0.29) is 18.4 Å². The molecule has 1 amide bonds. The molecule has 0 saturated heterocycles. The van der Waals surface area contributed by atoms with E-state index in [4.69, 9.17) is 21.4 Å². The molecule has 1 unspecified atom stereocenters. The summed E-state index contributed by atoms with van der Waals surface area (Å²) in [5.41, 5.74) is 0. The molecule has 116 valence electrons. The number of halogens is 1. The Bertz CT molecular complexity index is 461. The number of carbonyl (C=O) groups is 2. The van der Waals surface area contributed by atoms with E-state index in [1.165, 1.54) is 0 Å². The van der Waals surface area contributed by atoms with Gasteiger partial charge in [-0.25, -0.2) is 0 Å². The average molecular weight is 314 g/mol. The first-order chi connectivity index (χ1) is 9.97. The summed E-state index contributed by atoms with van der Waals surface area (Å²) in [6.07, 6.45) is 1.36. The molecule has 0 heterocycles. The third-order valence-corrected chi connectivity index (χ3v) is 3.03. The van der Waals surface area contributed by atoms with E-state index in [1.54, 1.807) is 24.3 Å². The Kier molecular flexibility index (Phi) is 7.61. The summed E-state index contributed by atoms with van der Waals surface area (Å²) in [7, 11) is 0. The number of carboxylic acid groups (broad SMARTS) is 1. The molecule has 2 N–H and O–H groups in total. The van der Waals surface area contributed by atoms with Gasteiger partial charge in [-0.15, -0.1) is 0 Å². The minimum Gasteiger partial charge on any atom is -0.489 e. The second-order valence-electron chi connectivity index (χ2n) is 4.79. The summed E-state index contributed by atoms with van der Waals surface area (Å²) in [6, 6.07) is 7.02. The van der Waals surface area contributed by atoms with E-state index in [9.17, 15) is 9.59 Å². The smallest absolute Gasteiger partial charge is 0.303 e. The van der Waals surface area contributed by atoms with Crippen LogP contribution in [-0.4, -0.2) is 29.6 Å². The SMILES string of the molecule is CC(CNC(=O)CCCCC(=O)O)Oc1ccc(Cl)cc1. The summed E-state index contributed by atoms with van der Waals surface area (Å²) in [4.78, 5) is 21.9. The van der Waals surface area contributed by atoms with Crippen LogP contribution in [0.5, 0.6) is 5.75 Å². The van der Waals surface area contributed by atoms with Crippen molar-refractivity contribution in [3.05, 3.63) is 29.3 Å². The molecule has 0 radical (unpaired) electrons. The molecule has 0 saturated carbocycles. The highest BCUT2D eigenvalue weighted by molar-refractivity contribution is 6.30. The lowest BCUT2D eigenvalue weighted by Crippen LogP contribution is -2.33. The maximum Gasteiger partial charge on any atom is 0.303 e. The first kappa shape index (κ1) is 17.3. The quantitative estimate of drug-likeness (QED) is 0.687. The Balaban J connectivity index is 2.17. The number of unbranched alkanes of at least 4 members (excludes halogenated alkanes) is 1. The lowest BCUT2D eigenvalue weighted by molar-refractivity contribution is -0.137. The minimum absolute atomic E-state index is 0.0908. The van der Waals surface area contributed by atoms with Crippen molar-refractivity contribution in [2.45, 2.75) is 38.7 Å². The Labute approximate surface area is 129 Å². The van der Waals surface area contributed by atoms with Crippen molar-refractivity contribution in [2.75, 3.05) is 6.54 Å². The number of carbonyl (C=O) groups excluding carboxylic acids is 1. The summed E-state index contributed by atoms with van der Waals surface area (Å²) < 4.78 is 5.63. The summed E-state index contributed by atoms with van der Waals surface area (Å²) in [5, 5.41) is 11.9. The van der Waals surface area contributed by atoms with E-state index in [1.807, 2.05) is 6.92 Å². The summed E-state index contributed by atoms with van der Waals surface area (Å²) in [6.45, 7) is 2.26. The van der Waals surface area contributed by atoms with E-state index < -0.39 is 5.97 Å². The lowest BCUT2D eigenvalue weighted by Gasteiger charge is -2.15. The summed E-state index contributed by atoms with van der Waals surface area (Å²) >= 11 is 5.78. The van der Waals surface area contributed by atoms with E-state index in [0.717, 1.165) is 0 Å². The maximum atomic E-state index is 11.6. The van der Waals surface area contributed by atoms with Gasteiger partial charge in [0.2, 0.25) is 5.91 Å². The van der Waals surface area contributed by atoms with Gasteiger partial charge < -0.3 is 15.2 Å². The van der Waals surface area contributed by atoms with Crippen LogP contribution >= 0.6 is 11.6 Å². The van der Waals surface area contributed by atoms with Crippen LogP contribution < -0.4 is 10.1 Å². The van der Waals surface area contributed by atoms with E-state index in [2.05, 4.69) is 5.32 Å². The number of aliphatic carboxylic acids is 1. The van der Waals surface area contributed by atoms with Gasteiger partial charge in [0.1, 0.15) is 11.9 Å². The molecule has 21 heavy (non-hydrogen) atoms. The molecule has 1 aromatic rings. The molecule has 0 aromatic heterocycles. The average Bonchev–Trinajstić information content (AvgIpc) is 2.44. The van der Waals surface area contributed by atoms with Crippen LogP contribution in [0.15, 0.2) is 24.3 Å². The van der Waals surface area contributed by atoms with Crippen LogP contribution in [0.3, 0.4) is 0 Å². The minimum atomic E-state index is -0.833. The molecule has 0 aliphatic carbocycles. The third kappa shape index (κ3) is 8.19. The van der Waals surface area contributed by atoms with Gasteiger partial charge in [-0.2, -0.15) is 0 Å². The van der Waals surface area contributed by atoms with Crippen LogP contribution in [0.25, 0.3) is 0 Å². The monoisotopic (exact) mass is 313 g/mol. The molecule has 6 heteroatoms. The van der Waals surface area contributed by atoms with Crippen LogP contribution in [0.2, 0.25) is 5.02 Å². The zero-order valence-electron chi connectivity index (χ0n) is 12.0. The molecule has 1 aromatic carbocycles. The molecule has 0 fully saturated rings. The molecule has 0 aliphatic heterocycles. The van der Waals surface area contributed by atoms with Gasteiger partial charge in [-0.05, 0) is 44.0 Å². The molecule has 0 spiro atoms. The molecular weight excluding hydrogens is 294 g/mol. The zero-order chi connectivity index (χ0) is 15.7. The molecule has 0 aliphatic rings. The van der Waals surface area contributed by atoms with Crippen molar-refractivity contribution < 1.29 is 19.4 Å². The first-order valence-electron chi connectivity index (χ1n) is 6.88. The fourth-order valence-corrected chi connectivity index (χ4v) is 1.82. The Morgan fingerprint density at radius 1 is 1.24 bits per heavy atom. The number of hydrogen-bond donors (Lipinski definition) is 2. The van der Waals surface area contributed by atoms with Gasteiger partial charge in [0, 0.05) is 17.9 Å². The predicted molar refractivity (Wildman–Crippen MR) is 80.7 cm³/mol. The van der Waals surface area contributed by atoms with Crippen LogP contribution in [0, 0.1) is 0 Å². The fourth-order valence-electron chi connectivity index (χ4n) is 1.69. The largest absolute Gasteiger partial charge is 0.489 e. The second-order valence-corrected chi connectivity index (χ2v) is 5.22. The normalized spacial score (nSPS) is 11.7. The van der Waals surface area contributed by atoms with Crippen molar-refractivity contribution in [3.63, 3.8) is 0 Å². The highest BCUT2D eigenvalue weighted by Gasteiger charge is 2.07. The lowest BCUT2D eigenvalue weighted by atomic mass is 10.2. The summed E-state index contributed by atoms with van der Waals surface area (Å²) in [5.74, 6) is -0.227. The molecular formula is C15H20ClNO4. The van der Waals surface area contributed by atoms with Crippen molar-refractivity contribution >= 4 is 23.5 Å². The topological polar surface area (TPSA) is 75.6 Å². The molecule has 1 rings (SSSR count). The van der Waals surface area contributed by atoms with Gasteiger partial charge in [-0.1, -0.05) is 11.6 Å². The van der Waals surface area contributed by atoms with Crippen LogP contribution in [0.4, 0.5) is 0 Å². The molecule has 0 bridgehead atoms. The molecule has 1 atom stereocenters. The van der Waals surface area contributed by atoms with Crippen LogP contribution in [-0.2, 0) is 9.59 Å². The molecule has 5 nitrogen and oxygen atoms in total. The second kappa shape index (κ2) is 9.23. The van der Waals surface area contributed by atoms with Crippen LogP contribution in [0.1, 0.15) is 32.6 Å². The van der Waals surface area contributed by atoms with Gasteiger partial charge in [-0.3, -0.25) is 9.59 Å². The van der Waals surface area contributed by atoms with Gasteiger partial charge in [0.25, 0.3) is 0 Å². The van der Waals surface area contributed by atoms with Crippen molar-refractivity contribution in [2.24, 2.45) is 0 Å². The van der Waals surface area contributed by atoms with Gasteiger partial charge in [0.05, 0.1) is 6.54 Å². The number of rotatable bonds is 9. The number of benzene rings is 1. The third-order valence-electron chi connectivity index (χ3n) is 2.78. The maximum absolute atomic E-state index is 11.6. The number of amides is 1. The highest BCUT2D eigenvalue weighted by Crippen LogP contribution is 2.16. The number of carboxylic acids is 1. The predicted octanol–water partition coefficient (Wildman–Crippen LogP) is 2.87.